The number of fused-ring (bicyclic) bond motifs is 6. The van der Waals surface area contributed by atoms with Crippen molar-refractivity contribution in [2.24, 2.45) is 0 Å². The molecule has 0 N–H and O–H groups in total. The fraction of sp³-hybridized carbons (Fsp3) is 0. The number of benzene rings is 25. The summed E-state index contributed by atoms with van der Waals surface area (Å²) in [5.41, 5.74) is 27.1. The van der Waals surface area contributed by atoms with E-state index in [0.29, 0.717) is 16.7 Å². The second-order valence-electron chi connectivity index (χ2n) is 35.4. The van der Waals surface area contributed by atoms with Gasteiger partial charge in [0.1, 0.15) is 34.5 Å². The maximum atomic E-state index is 9.69. The molecule has 0 atom stereocenters. The van der Waals surface area contributed by atoms with Crippen LogP contribution < -0.4 is 14.2 Å². The molecule has 3 aliphatic rings. The molecule has 0 amide bonds. The molecule has 4 heterocycles. The molecular formula is C128H70N4O3. The summed E-state index contributed by atoms with van der Waals surface area (Å²) < 4.78 is 19.2. The summed E-state index contributed by atoms with van der Waals surface area (Å²) >= 11 is 0. The third-order valence-electron chi connectivity index (χ3n) is 28.3. The van der Waals surface area contributed by atoms with Gasteiger partial charge in [0.05, 0.1) is 40.6 Å². The van der Waals surface area contributed by atoms with Gasteiger partial charge in [-0.15, -0.1) is 0 Å². The van der Waals surface area contributed by atoms with Crippen molar-refractivity contribution in [1.82, 2.24) is 4.98 Å². The predicted molar refractivity (Wildman–Crippen MR) is 555 cm³/mol. The minimum absolute atomic E-state index is 0.657. The second-order valence-corrected chi connectivity index (χ2v) is 35.4. The van der Waals surface area contributed by atoms with Crippen molar-refractivity contribution < 1.29 is 14.2 Å². The van der Waals surface area contributed by atoms with Crippen LogP contribution in [0, 0.1) is 34.0 Å². The Bertz CT molecular complexity index is 9650. The summed E-state index contributed by atoms with van der Waals surface area (Å²) in [5, 5.41) is 57.8. The first-order valence-corrected chi connectivity index (χ1v) is 45.5. The van der Waals surface area contributed by atoms with Gasteiger partial charge in [-0.1, -0.05) is 334 Å². The lowest BCUT2D eigenvalue weighted by atomic mass is 9.87. The van der Waals surface area contributed by atoms with Crippen molar-refractivity contribution in [3.8, 4) is 175 Å². The first kappa shape index (κ1) is 76.5. The summed E-state index contributed by atoms with van der Waals surface area (Å²) in [6, 6.07) is 155. The number of nitriles is 3. The maximum absolute atomic E-state index is 9.69. The number of nitrogens with zero attached hydrogens (tertiary/aromatic N) is 4. The first-order valence-electron chi connectivity index (χ1n) is 45.5. The third kappa shape index (κ3) is 12.1. The quantitative estimate of drug-likeness (QED) is 0.139. The monoisotopic (exact) mass is 1710 g/mol. The first-order chi connectivity index (χ1) is 66.8. The second kappa shape index (κ2) is 30.3. The number of rotatable bonds is 8. The highest BCUT2D eigenvalue weighted by Gasteiger charge is 2.28. The van der Waals surface area contributed by atoms with Crippen LogP contribution >= 0.6 is 0 Å². The van der Waals surface area contributed by atoms with Crippen LogP contribution in [0.4, 0.5) is 0 Å². The molecule has 0 spiro atoms. The molecule has 0 unspecified atom stereocenters. The Balaban J connectivity index is 0.000000103. The number of hydrogen-bond acceptors (Lipinski definition) is 7. The Morgan fingerprint density at radius 2 is 0.467 bits per heavy atom. The average molecular weight is 1710 g/mol. The van der Waals surface area contributed by atoms with Crippen molar-refractivity contribution in [2.75, 3.05) is 0 Å². The SMILES string of the molecule is N#Cc1ccc2c3c(cccc13)-c1cc(-c3ccc(-c4ccc5ccc6c(-c7ccccn7)ccc7ccc4c5c76)cc3)ccc1O2.N#Cc1ccc2c3c(cccc13)-c1ccc(-c3ccc(-c4ccc5ccc6cccc7ccc4c5c67)cc3)cc1O2.N#Cc1ccc2c3c(cccc13)Oc1cc(-c3ccc(-c4ccc5ccc6c(-c7ccccc7)ccc7ccc4c5c76)cc3)ccc1-2. The summed E-state index contributed by atoms with van der Waals surface area (Å²) in [7, 11) is 0. The zero-order chi connectivity index (χ0) is 89.2. The van der Waals surface area contributed by atoms with E-state index in [0.717, 1.165) is 145 Å². The molecule has 25 aromatic carbocycles. The molecule has 0 saturated carbocycles. The van der Waals surface area contributed by atoms with E-state index in [1.165, 1.54) is 141 Å². The average Bonchev–Trinajstić information content (AvgIpc) is 1.18. The van der Waals surface area contributed by atoms with E-state index in [-0.39, 0.29) is 0 Å². The number of hydrogen-bond donors (Lipinski definition) is 0. The Morgan fingerprint density at radius 3 is 0.911 bits per heavy atom. The fourth-order valence-corrected chi connectivity index (χ4v) is 22.0. The zero-order valence-corrected chi connectivity index (χ0v) is 72.4. The summed E-state index contributed by atoms with van der Waals surface area (Å²) in [4.78, 5) is 4.66. The molecule has 0 bridgehead atoms. The van der Waals surface area contributed by atoms with Gasteiger partial charge >= 0.3 is 0 Å². The Hall–Kier alpha value is -18.6. The van der Waals surface area contributed by atoms with E-state index in [1.54, 1.807) is 0 Å². The molecular weight excluding hydrogens is 1640 g/mol. The summed E-state index contributed by atoms with van der Waals surface area (Å²) in [6.45, 7) is 0. The lowest BCUT2D eigenvalue weighted by molar-refractivity contribution is 0.487. The van der Waals surface area contributed by atoms with Crippen LogP contribution in [-0.2, 0) is 0 Å². The molecule has 135 heavy (non-hydrogen) atoms. The van der Waals surface area contributed by atoms with Crippen LogP contribution in [0.1, 0.15) is 16.7 Å². The van der Waals surface area contributed by atoms with Gasteiger partial charge in [-0.2, -0.15) is 15.8 Å². The lowest BCUT2D eigenvalue weighted by Gasteiger charge is -2.22. The van der Waals surface area contributed by atoms with Gasteiger partial charge in [0.2, 0.25) is 0 Å². The topological polar surface area (TPSA) is 112 Å². The Labute approximate surface area is 775 Å². The van der Waals surface area contributed by atoms with Crippen LogP contribution in [0.15, 0.2) is 425 Å². The Morgan fingerprint density at radius 1 is 0.163 bits per heavy atom. The highest BCUT2D eigenvalue weighted by atomic mass is 16.5. The van der Waals surface area contributed by atoms with Gasteiger partial charge in [0.15, 0.2) is 0 Å². The molecule has 620 valence electrons. The van der Waals surface area contributed by atoms with Crippen LogP contribution in [0.5, 0.6) is 34.5 Å². The van der Waals surface area contributed by atoms with Crippen molar-refractivity contribution in [1.29, 1.82) is 15.8 Å². The highest BCUT2D eigenvalue weighted by Crippen LogP contribution is 2.55. The van der Waals surface area contributed by atoms with Crippen molar-refractivity contribution >= 4 is 129 Å². The minimum atomic E-state index is 0.657. The van der Waals surface area contributed by atoms with Crippen molar-refractivity contribution in [3.63, 3.8) is 0 Å². The van der Waals surface area contributed by atoms with Crippen LogP contribution in [0.3, 0.4) is 0 Å². The van der Waals surface area contributed by atoms with Gasteiger partial charge in [-0.3, -0.25) is 4.98 Å². The largest absolute Gasteiger partial charge is 0.456 e. The Kier molecular flexibility index (Phi) is 17.1. The molecule has 0 fully saturated rings. The van der Waals surface area contributed by atoms with Gasteiger partial charge in [0.25, 0.3) is 0 Å². The van der Waals surface area contributed by atoms with E-state index >= 15 is 0 Å². The van der Waals surface area contributed by atoms with E-state index in [4.69, 9.17) is 14.2 Å². The minimum Gasteiger partial charge on any atom is -0.456 e. The van der Waals surface area contributed by atoms with Crippen molar-refractivity contribution in [2.45, 2.75) is 0 Å². The van der Waals surface area contributed by atoms with Crippen molar-refractivity contribution in [3.05, 3.63) is 441 Å². The van der Waals surface area contributed by atoms with Crippen LogP contribution in [0.25, 0.3) is 252 Å². The molecule has 0 aliphatic carbocycles. The number of ether oxygens (including phenoxy) is 3. The normalized spacial score (nSPS) is 12.0. The van der Waals surface area contributed by atoms with Gasteiger partial charge < -0.3 is 14.2 Å². The van der Waals surface area contributed by atoms with E-state index in [9.17, 15) is 15.8 Å². The van der Waals surface area contributed by atoms with E-state index < -0.39 is 0 Å². The summed E-state index contributed by atoms with van der Waals surface area (Å²) in [6.07, 6.45) is 1.86. The molecule has 0 radical (unpaired) electrons. The van der Waals surface area contributed by atoms with Crippen LogP contribution in [0.2, 0.25) is 0 Å². The molecule has 7 heteroatoms. The number of pyridine rings is 1. The third-order valence-corrected chi connectivity index (χ3v) is 28.3. The molecule has 0 saturated heterocycles. The molecule has 7 nitrogen and oxygen atoms in total. The van der Waals surface area contributed by atoms with Gasteiger partial charge in [-0.25, -0.2) is 0 Å². The highest BCUT2D eigenvalue weighted by molar-refractivity contribution is 6.30. The number of aromatic nitrogens is 1. The lowest BCUT2D eigenvalue weighted by Crippen LogP contribution is -1.98. The predicted octanol–water partition coefficient (Wildman–Crippen LogP) is 34.9. The smallest absolute Gasteiger partial charge is 0.136 e. The molecule has 29 rings (SSSR count). The molecule has 26 aromatic rings. The summed E-state index contributed by atoms with van der Waals surface area (Å²) in [5.74, 6) is 4.87. The fourth-order valence-electron chi connectivity index (χ4n) is 22.0. The molecule has 3 aliphatic heterocycles. The maximum Gasteiger partial charge on any atom is 0.136 e. The standard InChI is InChI=1S/C45H25NO.C44H24N2O.C39H21NO/c46-26-33-18-24-40-37-21-17-32(25-42(37)47-41-8-4-7-36(33)45(40)41)27-9-11-29(12-10-27)35-20-14-31-15-22-38-34(28-5-2-1-3-6-28)19-13-30-16-23-39(35)44(31)43(30)38;45-25-31-16-22-41-44-33(31)4-3-5-35(44)38-24-30(15-21-40(38)47-41)26-7-9-27(10-8-26)32-17-11-28-14-20-37-34(39-6-1-2-23-46-39)18-12-29-13-19-36(32)42(28)43(29)37;40-22-29-16-20-35-39-31(29)5-2-6-33(39)32-18-15-28(21-36(32)41-35)23-7-9-24(10-8-23)30-17-13-27-12-11-25-3-1-4-26-14-19-34(30)38(27)37(25)26/h1-25H;1-24H;1-21H. The van der Waals surface area contributed by atoms with Gasteiger partial charge in [-0.05, 0) is 276 Å². The van der Waals surface area contributed by atoms with Gasteiger partial charge in [0, 0.05) is 60.8 Å². The van der Waals surface area contributed by atoms with E-state index in [1.807, 2.05) is 97.2 Å². The van der Waals surface area contributed by atoms with E-state index in [2.05, 4.69) is 351 Å². The molecule has 1 aromatic heterocycles. The zero-order valence-electron chi connectivity index (χ0n) is 72.4. The van der Waals surface area contributed by atoms with Crippen LogP contribution in [-0.4, -0.2) is 4.98 Å².